The van der Waals surface area contributed by atoms with Crippen LogP contribution in [-0.4, -0.2) is 42.1 Å². The summed E-state index contributed by atoms with van der Waals surface area (Å²) in [6.45, 7) is 2.11. The van der Waals surface area contributed by atoms with Crippen molar-refractivity contribution in [3.05, 3.63) is 35.4 Å². The Kier molecular flexibility index (Phi) is 3.73. The number of nitrogens with one attached hydrogen (secondary N) is 1. The Labute approximate surface area is 154 Å². The monoisotopic (exact) mass is 354 g/mol. The zero-order chi connectivity index (χ0) is 17.7. The molecular formula is C21H26N2O3. The lowest BCUT2D eigenvalue weighted by Gasteiger charge is -2.45. The number of cyclic esters (lactones) is 1. The summed E-state index contributed by atoms with van der Waals surface area (Å²) in [5, 5.41) is 2.87. The molecule has 0 bridgehead atoms. The summed E-state index contributed by atoms with van der Waals surface area (Å²) < 4.78 is 5.00. The molecule has 4 fully saturated rings. The number of hydrogen-bond donors (Lipinski definition) is 1. The summed E-state index contributed by atoms with van der Waals surface area (Å²) in [6.07, 6.45) is 5.89. The normalized spacial score (nSPS) is 31.5. The van der Waals surface area contributed by atoms with E-state index in [2.05, 4.69) is 29.6 Å². The maximum Gasteiger partial charge on any atom is 0.407 e. The summed E-state index contributed by atoms with van der Waals surface area (Å²) in [5.74, 6) is 1.68. The minimum atomic E-state index is -0.342. The molecule has 4 aliphatic rings. The van der Waals surface area contributed by atoms with Crippen molar-refractivity contribution in [2.24, 2.45) is 5.92 Å². The van der Waals surface area contributed by atoms with E-state index in [1.54, 1.807) is 0 Å². The number of carbonyl (C=O) groups is 2. The molecule has 26 heavy (non-hydrogen) atoms. The van der Waals surface area contributed by atoms with Crippen LogP contribution >= 0.6 is 0 Å². The second kappa shape index (κ2) is 6.00. The number of alkyl carbamates (subject to hydrolysis) is 1. The van der Waals surface area contributed by atoms with Gasteiger partial charge in [-0.25, -0.2) is 4.79 Å². The Morgan fingerprint density at radius 3 is 2.31 bits per heavy atom. The third kappa shape index (κ3) is 2.87. The quantitative estimate of drug-likeness (QED) is 0.907. The first-order valence-electron chi connectivity index (χ1n) is 9.95. The largest absolute Gasteiger partial charge is 0.447 e. The van der Waals surface area contributed by atoms with Crippen LogP contribution in [0.25, 0.3) is 0 Å². The van der Waals surface area contributed by atoms with E-state index < -0.39 is 0 Å². The zero-order valence-electron chi connectivity index (χ0n) is 15.1. The molecule has 1 spiro atoms. The lowest BCUT2D eigenvalue weighted by Crippen LogP contribution is -2.58. The molecule has 2 saturated carbocycles. The number of ether oxygens (including phenoxy) is 1. The number of piperidine rings is 1. The molecule has 2 aliphatic heterocycles. The van der Waals surface area contributed by atoms with Crippen LogP contribution in [0.4, 0.5) is 4.79 Å². The minimum Gasteiger partial charge on any atom is -0.447 e. The molecule has 1 aromatic carbocycles. The van der Waals surface area contributed by atoms with Crippen LogP contribution in [-0.2, 0) is 9.53 Å². The topological polar surface area (TPSA) is 58.6 Å². The molecule has 5 nitrogen and oxygen atoms in total. The summed E-state index contributed by atoms with van der Waals surface area (Å²) in [7, 11) is 0. The van der Waals surface area contributed by atoms with Crippen LogP contribution < -0.4 is 5.32 Å². The Morgan fingerprint density at radius 1 is 1.08 bits per heavy atom. The number of rotatable bonds is 3. The molecule has 0 radical (unpaired) electrons. The highest BCUT2D eigenvalue weighted by atomic mass is 16.6. The van der Waals surface area contributed by atoms with E-state index >= 15 is 0 Å². The van der Waals surface area contributed by atoms with Gasteiger partial charge in [0.1, 0.15) is 6.61 Å². The summed E-state index contributed by atoms with van der Waals surface area (Å²) in [5.41, 5.74) is 2.69. The van der Waals surface area contributed by atoms with Crippen LogP contribution in [0.1, 0.15) is 61.5 Å². The molecule has 0 atom stereocenters. The van der Waals surface area contributed by atoms with Crippen LogP contribution in [0, 0.1) is 5.92 Å². The standard InChI is InChI=1S/C21H26N2O3/c24-19(18-11-21(12-18)13-26-20(25)22-21)23-8-6-15(7-9-23)17-3-1-2-16(10-17)14-4-5-14/h1-3,10,14-15,18H,4-9,11-13H2,(H,22,25). The molecule has 2 amide bonds. The van der Waals surface area contributed by atoms with Crippen LogP contribution in [0.15, 0.2) is 24.3 Å². The van der Waals surface area contributed by atoms with Gasteiger partial charge in [-0.05, 0) is 61.5 Å². The molecular weight excluding hydrogens is 328 g/mol. The number of benzene rings is 1. The molecule has 2 saturated heterocycles. The first-order valence-corrected chi connectivity index (χ1v) is 9.95. The first-order chi connectivity index (χ1) is 12.6. The highest BCUT2D eigenvalue weighted by molar-refractivity contribution is 5.81. The molecule has 2 heterocycles. The molecule has 5 rings (SSSR count). The lowest BCUT2D eigenvalue weighted by atomic mass is 9.68. The van der Waals surface area contributed by atoms with Gasteiger partial charge in [0.05, 0.1) is 5.54 Å². The second-order valence-corrected chi connectivity index (χ2v) is 8.63. The van der Waals surface area contributed by atoms with Gasteiger partial charge in [-0.2, -0.15) is 0 Å². The third-order valence-electron chi connectivity index (χ3n) is 6.71. The fourth-order valence-corrected chi connectivity index (χ4v) is 4.95. The summed E-state index contributed by atoms with van der Waals surface area (Å²) >= 11 is 0. The van der Waals surface area contributed by atoms with Gasteiger partial charge in [0, 0.05) is 19.0 Å². The van der Waals surface area contributed by atoms with E-state index in [0.717, 1.165) is 44.7 Å². The van der Waals surface area contributed by atoms with E-state index in [1.165, 1.54) is 24.0 Å². The molecule has 5 heteroatoms. The van der Waals surface area contributed by atoms with Gasteiger partial charge < -0.3 is 15.0 Å². The fraction of sp³-hybridized carbons (Fsp3) is 0.619. The lowest BCUT2D eigenvalue weighted by molar-refractivity contribution is -0.142. The molecule has 1 N–H and O–H groups in total. The average Bonchev–Trinajstić information content (AvgIpc) is 3.42. The predicted octanol–water partition coefficient (Wildman–Crippen LogP) is 3.16. The summed E-state index contributed by atoms with van der Waals surface area (Å²) in [6, 6.07) is 9.12. The molecule has 0 unspecified atom stereocenters. The van der Waals surface area contributed by atoms with Crippen LogP contribution in [0.2, 0.25) is 0 Å². The van der Waals surface area contributed by atoms with Gasteiger partial charge in [-0.1, -0.05) is 24.3 Å². The number of nitrogens with zero attached hydrogens (tertiary/aromatic N) is 1. The Balaban J connectivity index is 1.15. The zero-order valence-corrected chi connectivity index (χ0v) is 15.1. The summed E-state index contributed by atoms with van der Waals surface area (Å²) in [4.78, 5) is 26.0. The smallest absolute Gasteiger partial charge is 0.407 e. The van der Waals surface area contributed by atoms with Crippen molar-refractivity contribution in [1.29, 1.82) is 0 Å². The van der Waals surface area contributed by atoms with Gasteiger partial charge >= 0.3 is 6.09 Å². The third-order valence-corrected chi connectivity index (χ3v) is 6.71. The van der Waals surface area contributed by atoms with Gasteiger partial charge in [-0.3, -0.25) is 4.79 Å². The Bertz CT molecular complexity index is 729. The second-order valence-electron chi connectivity index (χ2n) is 8.63. The minimum absolute atomic E-state index is 0.0479. The molecule has 1 aromatic rings. The number of hydrogen-bond acceptors (Lipinski definition) is 3. The highest BCUT2D eigenvalue weighted by Gasteiger charge is 2.53. The number of likely N-dealkylation sites (tertiary alicyclic amines) is 1. The van der Waals surface area contributed by atoms with E-state index in [9.17, 15) is 9.59 Å². The van der Waals surface area contributed by atoms with Crippen molar-refractivity contribution in [2.45, 2.75) is 55.9 Å². The number of amides is 2. The van der Waals surface area contributed by atoms with E-state index in [4.69, 9.17) is 4.74 Å². The van der Waals surface area contributed by atoms with Gasteiger partial charge in [0.15, 0.2) is 0 Å². The van der Waals surface area contributed by atoms with E-state index in [1.807, 2.05) is 4.90 Å². The highest BCUT2D eigenvalue weighted by Crippen LogP contribution is 2.43. The average molecular weight is 354 g/mol. The van der Waals surface area contributed by atoms with Crippen molar-refractivity contribution >= 4 is 12.0 Å². The van der Waals surface area contributed by atoms with Crippen molar-refractivity contribution in [3.63, 3.8) is 0 Å². The van der Waals surface area contributed by atoms with Gasteiger partial charge in [-0.15, -0.1) is 0 Å². The molecule has 2 aliphatic carbocycles. The maximum atomic E-state index is 12.8. The first kappa shape index (κ1) is 16.2. The Hall–Kier alpha value is -2.04. The van der Waals surface area contributed by atoms with Crippen LogP contribution in [0.5, 0.6) is 0 Å². The Morgan fingerprint density at radius 2 is 1.73 bits per heavy atom. The van der Waals surface area contributed by atoms with E-state index in [-0.39, 0.29) is 23.5 Å². The maximum absolute atomic E-state index is 12.8. The van der Waals surface area contributed by atoms with Crippen molar-refractivity contribution < 1.29 is 14.3 Å². The van der Waals surface area contributed by atoms with Crippen LogP contribution in [0.3, 0.4) is 0 Å². The fourth-order valence-electron chi connectivity index (χ4n) is 4.95. The number of carbonyl (C=O) groups excluding carboxylic acids is 2. The molecule has 138 valence electrons. The van der Waals surface area contributed by atoms with Gasteiger partial charge in [0.25, 0.3) is 0 Å². The van der Waals surface area contributed by atoms with Crippen molar-refractivity contribution in [1.82, 2.24) is 10.2 Å². The van der Waals surface area contributed by atoms with Gasteiger partial charge in [0.2, 0.25) is 5.91 Å². The van der Waals surface area contributed by atoms with Crippen molar-refractivity contribution in [2.75, 3.05) is 19.7 Å². The van der Waals surface area contributed by atoms with Crippen molar-refractivity contribution in [3.8, 4) is 0 Å². The SMILES string of the molecule is O=C1NC2(CO1)CC(C(=O)N1CCC(c3cccc(C4CC4)c3)CC1)C2. The molecule has 0 aromatic heterocycles. The van der Waals surface area contributed by atoms with E-state index in [0.29, 0.717) is 12.5 Å². The predicted molar refractivity (Wildman–Crippen MR) is 96.9 cm³/mol.